The molecule has 13 heavy (non-hydrogen) atoms. The van der Waals surface area contributed by atoms with Gasteiger partial charge in [-0.3, -0.25) is 10.1 Å². The molecule has 1 aromatic rings. The number of benzene rings is 1. The molecule has 5 nitrogen and oxygen atoms in total. The Bertz CT molecular complexity index is 365. The van der Waals surface area contributed by atoms with E-state index in [-0.39, 0.29) is 11.5 Å². The van der Waals surface area contributed by atoms with Gasteiger partial charge < -0.3 is 5.73 Å². The lowest BCUT2D eigenvalue weighted by molar-refractivity contribution is -0.384. The van der Waals surface area contributed by atoms with Gasteiger partial charge in [-0.25, -0.2) is 0 Å². The molecule has 1 rings (SSSR count). The molecule has 0 spiro atoms. The monoisotopic (exact) mass is 199 g/mol. The number of amidine groups is 1. The van der Waals surface area contributed by atoms with Crippen LogP contribution in [0.15, 0.2) is 28.8 Å². The summed E-state index contributed by atoms with van der Waals surface area (Å²) in [4.78, 5) is 9.85. The molecule has 0 fully saturated rings. The molecule has 68 valence electrons. The highest BCUT2D eigenvalue weighted by Gasteiger charge is 2.07. The third-order valence-corrected chi connectivity index (χ3v) is 1.63. The van der Waals surface area contributed by atoms with E-state index in [2.05, 4.69) is 4.51 Å². The second kappa shape index (κ2) is 3.86. The Kier molecular flexibility index (Phi) is 2.81. The number of nitro benzene ring substituents is 1. The number of rotatable bonds is 2. The fourth-order valence-electron chi connectivity index (χ4n) is 0.828. The van der Waals surface area contributed by atoms with Gasteiger partial charge in [0.25, 0.3) is 5.69 Å². The zero-order valence-electron chi connectivity index (χ0n) is 6.48. The molecular formula is C7H6ClN3O2. The molecule has 0 unspecified atom stereocenters. The van der Waals surface area contributed by atoms with Crippen molar-refractivity contribution in [2.75, 3.05) is 0 Å². The summed E-state index contributed by atoms with van der Waals surface area (Å²) < 4.78 is 3.20. The fraction of sp³-hybridized carbons (Fsp3) is 0. The van der Waals surface area contributed by atoms with E-state index in [4.69, 9.17) is 17.5 Å². The third kappa shape index (κ3) is 2.16. The molecule has 0 amide bonds. The minimum absolute atomic E-state index is 0.0410. The molecule has 0 heterocycles. The normalized spacial score (nSPS) is 11.3. The number of nitrogens with two attached hydrogens (primary N) is 1. The first kappa shape index (κ1) is 9.47. The van der Waals surface area contributed by atoms with E-state index >= 15 is 0 Å². The molecule has 0 bridgehead atoms. The van der Waals surface area contributed by atoms with Gasteiger partial charge in [-0.05, 0) is 0 Å². The quantitative estimate of drug-likeness (QED) is 0.339. The van der Waals surface area contributed by atoms with Crippen LogP contribution in [0.4, 0.5) is 5.69 Å². The number of hydrogen-bond donors (Lipinski definition) is 1. The number of non-ortho nitro benzene ring substituents is 1. The van der Waals surface area contributed by atoms with Crippen molar-refractivity contribution in [2.45, 2.75) is 0 Å². The Morgan fingerprint density at radius 3 is 2.85 bits per heavy atom. The average molecular weight is 200 g/mol. The van der Waals surface area contributed by atoms with Crippen molar-refractivity contribution in [3.8, 4) is 0 Å². The van der Waals surface area contributed by atoms with Crippen molar-refractivity contribution < 1.29 is 4.92 Å². The number of hydrogen-bond acceptors (Lipinski definition) is 3. The number of halogens is 1. The molecule has 0 radical (unpaired) electrons. The van der Waals surface area contributed by atoms with Crippen LogP contribution in [0.5, 0.6) is 0 Å². The number of nitrogens with zero attached hydrogens (tertiary/aromatic N) is 2. The lowest BCUT2D eigenvalue weighted by Crippen LogP contribution is -2.11. The van der Waals surface area contributed by atoms with Crippen LogP contribution >= 0.6 is 11.8 Å². The Morgan fingerprint density at radius 2 is 2.31 bits per heavy atom. The summed E-state index contributed by atoms with van der Waals surface area (Å²) in [6, 6.07) is 5.78. The zero-order valence-corrected chi connectivity index (χ0v) is 7.23. The van der Waals surface area contributed by atoms with Crippen LogP contribution < -0.4 is 5.73 Å². The minimum Gasteiger partial charge on any atom is -0.382 e. The standard InChI is InChI=1S/C7H6ClN3O2/c8-10-7(9)5-2-1-3-6(4-5)11(12)13/h1-4H,(H2,9,10). The first-order chi connectivity index (χ1) is 6.15. The first-order valence-electron chi connectivity index (χ1n) is 3.34. The third-order valence-electron chi connectivity index (χ3n) is 1.44. The van der Waals surface area contributed by atoms with Crippen molar-refractivity contribution >= 4 is 23.3 Å². The summed E-state index contributed by atoms with van der Waals surface area (Å²) >= 11 is 5.11. The predicted molar refractivity (Wildman–Crippen MR) is 49.7 cm³/mol. The van der Waals surface area contributed by atoms with Gasteiger partial charge in [0.15, 0.2) is 0 Å². The van der Waals surface area contributed by atoms with E-state index in [1.54, 1.807) is 6.07 Å². The number of nitro groups is 1. The van der Waals surface area contributed by atoms with Gasteiger partial charge in [0.1, 0.15) is 5.84 Å². The van der Waals surface area contributed by atoms with E-state index in [0.29, 0.717) is 5.56 Å². The van der Waals surface area contributed by atoms with Gasteiger partial charge in [-0.1, -0.05) is 12.1 Å². The Labute approximate surface area is 79.1 Å². The molecule has 6 heteroatoms. The van der Waals surface area contributed by atoms with E-state index in [0.717, 1.165) is 0 Å². The van der Waals surface area contributed by atoms with E-state index in [1.807, 2.05) is 0 Å². The molecule has 0 aromatic heterocycles. The van der Waals surface area contributed by atoms with Crippen LogP contribution in [-0.4, -0.2) is 10.8 Å². The summed E-state index contributed by atoms with van der Waals surface area (Å²) in [5.74, 6) is 0.0605. The highest BCUT2D eigenvalue weighted by molar-refractivity contribution is 6.22. The SMILES string of the molecule is NC(=NCl)c1cccc([N+](=O)[O-])c1. The first-order valence-corrected chi connectivity index (χ1v) is 3.68. The minimum atomic E-state index is -0.509. The molecule has 0 aliphatic carbocycles. The maximum Gasteiger partial charge on any atom is 0.270 e. The smallest absolute Gasteiger partial charge is 0.270 e. The fourth-order valence-corrected chi connectivity index (χ4v) is 0.925. The van der Waals surface area contributed by atoms with Crippen molar-refractivity contribution in [1.29, 1.82) is 0 Å². The van der Waals surface area contributed by atoms with Crippen molar-refractivity contribution in [3.63, 3.8) is 0 Å². The summed E-state index contributed by atoms with van der Waals surface area (Å²) in [6.45, 7) is 0. The molecule has 0 saturated heterocycles. The second-order valence-electron chi connectivity index (χ2n) is 2.28. The Morgan fingerprint density at radius 1 is 1.62 bits per heavy atom. The average Bonchev–Trinajstić information content (AvgIpc) is 2.17. The largest absolute Gasteiger partial charge is 0.382 e. The molecule has 0 atom stereocenters. The molecule has 1 aromatic carbocycles. The van der Waals surface area contributed by atoms with Gasteiger partial charge >= 0.3 is 0 Å². The van der Waals surface area contributed by atoms with Gasteiger partial charge in [0, 0.05) is 29.5 Å². The van der Waals surface area contributed by atoms with Crippen LogP contribution in [0.1, 0.15) is 5.56 Å². The summed E-state index contributed by atoms with van der Waals surface area (Å²) in [5.41, 5.74) is 5.75. The van der Waals surface area contributed by atoms with Gasteiger partial charge in [-0.15, -0.1) is 0 Å². The second-order valence-corrected chi connectivity index (χ2v) is 2.45. The van der Waals surface area contributed by atoms with Crippen LogP contribution in [0.2, 0.25) is 0 Å². The lowest BCUT2D eigenvalue weighted by Gasteiger charge is -1.97. The van der Waals surface area contributed by atoms with E-state index in [1.165, 1.54) is 18.2 Å². The molecule has 2 N–H and O–H groups in total. The van der Waals surface area contributed by atoms with Gasteiger partial charge in [0.2, 0.25) is 0 Å². The highest BCUT2D eigenvalue weighted by atomic mass is 35.5. The summed E-state index contributed by atoms with van der Waals surface area (Å²) in [6.07, 6.45) is 0. The van der Waals surface area contributed by atoms with Crippen LogP contribution in [0, 0.1) is 10.1 Å². The van der Waals surface area contributed by atoms with Crippen molar-refractivity contribution in [3.05, 3.63) is 39.9 Å². The van der Waals surface area contributed by atoms with Crippen LogP contribution in [0.3, 0.4) is 0 Å². The summed E-state index contributed by atoms with van der Waals surface area (Å²) in [5, 5.41) is 10.4. The van der Waals surface area contributed by atoms with E-state index < -0.39 is 4.92 Å². The molecule has 0 aliphatic rings. The Hall–Kier alpha value is -1.62. The molecule has 0 aliphatic heterocycles. The van der Waals surface area contributed by atoms with Crippen molar-refractivity contribution in [2.24, 2.45) is 10.2 Å². The van der Waals surface area contributed by atoms with Crippen LogP contribution in [-0.2, 0) is 0 Å². The van der Waals surface area contributed by atoms with Crippen LogP contribution in [0.25, 0.3) is 0 Å². The van der Waals surface area contributed by atoms with Gasteiger partial charge in [-0.2, -0.15) is 4.51 Å². The predicted octanol–water partition coefficient (Wildman–Crippen LogP) is 1.45. The zero-order chi connectivity index (χ0) is 9.84. The maximum atomic E-state index is 10.4. The topological polar surface area (TPSA) is 81.5 Å². The molecule has 0 saturated carbocycles. The van der Waals surface area contributed by atoms with Crippen molar-refractivity contribution in [1.82, 2.24) is 0 Å². The highest BCUT2D eigenvalue weighted by Crippen LogP contribution is 2.12. The van der Waals surface area contributed by atoms with Gasteiger partial charge in [0.05, 0.1) is 4.92 Å². The summed E-state index contributed by atoms with van der Waals surface area (Å²) in [7, 11) is 0. The lowest BCUT2D eigenvalue weighted by atomic mass is 10.2. The molecular weight excluding hydrogens is 194 g/mol. The maximum absolute atomic E-state index is 10.4. The Balaban J connectivity index is 3.13. The van der Waals surface area contributed by atoms with E-state index in [9.17, 15) is 10.1 Å².